The van der Waals surface area contributed by atoms with Gasteiger partial charge < -0.3 is 19.7 Å². The lowest BCUT2D eigenvalue weighted by Gasteiger charge is -2.27. The molecule has 1 amide bonds. The first kappa shape index (κ1) is 14.6. The topological polar surface area (TPSA) is 50.8 Å². The molecule has 2 saturated heterocycles. The lowest BCUT2D eigenvalue weighted by molar-refractivity contribution is -0.0202. The van der Waals surface area contributed by atoms with Gasteiger partial charge >= 0.3 is 6.09 Å². The molecule has 0 saturated carbocycles. The summed E-state index contributed by atoms with van der Waals surface area (Å²) in [7, 11) is 0. The van der Waals surface area contributed by atoms with Crippen molar-refractivity contribution >= 4 is 6.09 Å². The van der Waals surface area contributed by atoms with Crippen LogP contribution in [-0.2, 0) is 9.47 Å². The Morgan fingerprint density at radius 1 is 1.26 bits per heavy atom. The molecule has 2 aliphatic rings. The molecule has 5 nitrogen and oxygen atoms in total. The van der Waals surface area contributed by atoms with E-state index in [1.165, 1.54) is 6.42 Å². The number of hydrogen-bond donors (Lipinski definition) is 1. The van der Waals surface area contributed by atoms with E-state index in [1.807, 2.05) is 20.8 Å². The summed E-state index contributed by atoms with van der Waals surface area (Å²) in [6.07, 6.45) is 3.45. The van der Waals surface area contributed by atoms with Gasteiger partial charge in [0.1, 0.15) is 5.60 Å². The Morgan fingerprint density at radius 3 is 2.68 bits per heavy atom. The maximum atomic E-state index is 11.9. The molecule has 0 aromatic heterocycles. The van der Waals surface area contributed by atoms with Crippen LogP contribution in [0.4, 0.5) is 4.79 Å². The predicted octanol–water partition coefficient (Wildman–Crippen LogP) is 1.76. The van der Waals surface area contributed by atoms with Crippen LogP contribution < -0.4 is 5.32 Å². The minimum Gasteiger partial charge on any atom is -0.444 e. The third-order valence-electron chi connectivity index (χ3n) is 3.43. The van der Waals surface area contributed by atoms with Crippen LogP contribution in [0.1, 0.15) is 40.0 Å². The third kappa shape index (κ3) is 4.66. The quantitative estimate of drug-likeness (QED) is 0.831. The van der Waals surface area contributed by atoms with Gasteiger partial charge in [-0.15, -0.1) is 0 Å². The van der Waals surface area contributed by atoms with E-state index >= 15 is 0 Å². The van der Waals surface area contributed by atoms with Crippen LogP contribution in [0, 0.1) is 0 Å². The Bertz CT molecular complexity index is 308. The van der Waals surface area contributed by atoms with Crippen molar-refractivity contribution in [1.29, 1.82) is 0 Å². The zero-order chi connectivity index (χ0) is 13.9. The molecule has 2 aliphatic heterocycles. The van der Waals surface area contributed by atoms with E-state index in [-0.39, 0.29) is 12.2 Å². The van der Waals surface area contributed by atoms with Crippen molar-refractivity contribution in [3.05, 3.63) is 0 Å². The number of carbonyl (C=O) groups excluding carboxylic acids is 1. The summed E-state index contributed by atoms with van der Waals surface area (Å²) in [5.41, 5.74) is -0.427. The van der Waals surface area contributed by atoms with E-state index < -0.39 is 5.60 Å². The maximum absolute atomic E-state index is 11.9. The zero-order valence-corrected chi connectivity index (χ0v) is 12.3. The number of amides is 1. The molecule has 0 spiro atoms. The minimum atomic E-state index is -0.427. The molecule has 2 atom stereocenters. The van der Waals surface area contributed by atoms with Crippen molar-refractivity contribution in [1.82, 2.24) is 10.2 Å². The standard InChI is InChI=1S/C14H26N2O3/c1-14(2,3)19-13(17)16-8-6-12(10-16)18-11-5-4-7-15-9-11/h11-12,15H,4-10H2,1-3H3/t11?,12-/m1/s1. The van der Waals surface area contributed by atoms with E-state index in [0.29, 0.717) is 12.6 Å². The van der Waals surface area contributed by atoms with E-state index in [1.54, 1.807) is 4.90 Å². The summed E-state index contributed by atoms with van der Waals surface area (Å²) in [5.74, 6) is 0. The van der Waals surface area contributed by atoms with E-state index in [9.17, 15) is 4.79 Å². The SMILES string of the molecule is CC(C)(C)OC(=O)N1CC[C@@H](OC2CCCNC2)C1. The fraction of sp³-hybridized carbons (Fsp3) is 0.929. The van der Waals surface area contributed by atoms with Crippen LogP contribution in [0.5, 0.6) is 0 Å². The van der Waals surface area contributed by atoms with Crippen molar-refractivity contribution in [3.63, 3.8) is 0 Å². The van der Waals surface area contributed by atoms with Crippen molar-refractivity contribution in [2.75, 3.05) is 26.2 Å². The molecule has 2 rings (SSSR count). The van der Waals surface area contributed by atoms with E-state index in [2.05, 4.69) is 5.32 Å². The minimum absolute atomic E-state index is 0.164. The summed E-state index contributed by atoms with van der Waals surface area (Å²) < 4.78 is 11.4. The number of ether oxygens (including phenoxy) is 2. The molecule has 2 fully saturated rings. The summed E-state index contributed by atoms with van der Waals surface area (Å²) in [6, 6.07) is 0. The molecular weight excluding hydrogens is 244 g/mol. The molecule has 2 heterocycles. The van der Waals surface area contributed by atoms with Gasteiger partial charge in [-0.1, -0.05) is 0 Å². The van der Waals surface area contributed by atoms with Gasteiger partial charge in [-0.3, -0.25) is 0 Å². The normalized spacial score (nSPS) is 28.5. The molecule has 5 heteroatoms. The Labute approximate surface area is 115 Å². The summed E-state index contributed by atoms with van der Waals surface area (Å²) in [6.45, 7) is 9.09. The Hall–Kier alpha value is -0.810. The number of hydrogen-bond acceptors (Lipinski definition) is 4. The second-order valence-corrected chi connectivity index (χ2v) is 6.44. The molecule has 0 aromatic rings. The van der Waals surface area contributed by atoms with Crippen molar-refractivity contribution in [3.8, 4) is 0 Å². The molecule has 0 aromatic carbocycles. The number of likely N-dealkylation sites (tertiary alicyclic amines) is 1. The molecular formula is C14H26N2O3. The van der Waals surface area contributed by atoms with Gasteiger partial charge in [0.15, 0.2) is 0 Å². The monoisotopic (exact) mass is 270 g/mol. The predicted molar refractivity (Wildman–Crippen MR) is 73.2 cm³/mol. The first-order chi connectivity index (χ1) is 8.94. The smallest absolute Gasteiger partial charge is 0.410 e. The molecule has 19 heavy (non-hydrogen) atoms. The van der Waals surface area contributed by atoms with Crippen LogP contribution in [-0.4, -0.2) is 55.0 Å². The molecule has 1 unspecified atom stereocenters. The van der Waals surface area contributed by atoms with E-state index in [0.717, 1.165) is 32.5 Å². The Morgan fingerprint density at radius 2 is 2.05 bits per heavy atom. The lowest BCUT2D eigenvalue weighted by atomic mass is 10.1. The van der Waals surface area contributed by atoms with Crippen molar-refractivity contribution in [2.24, 2.45) is 0 Å². The van der Waals surface area contributed by atoms with Crippen molar-refractivity contribution < 1.29 is 14.3 Å². The number of rotatable bonds is 2. The third-order valence-corrected chi connectivity index (χ3v) is 3.43. The van der Waals surface area contributed by atoms with E-state index in [4.69, 9.17) is 9.47 Å². The highest BCUT2D eigenvalue weighted by molar-refractivity contribution is 5.68. The maximum Gasteiger partial charge on any atom is 0.410 e. The molecule has 0 aliphatic carbocycles. The number of nitrogens with zero attached hydrogens (tertiary/aromatic N) is 1. The van der Waals surface area contributed by atoms with Gasteiger partial charge in [0, 0.05) is 13.1 Å². The first-order valence-corrected chi connectivity index (χ1v) is 7.28. The number of carbonyl (C=O) groups is 1. The van der Waals surface area contributed by atoms with Gasteiger partial charge in [0.25, 0.3) is 0 Å². The fourth-order valence-corrected chi connectivity index (χ4v) is 2.54. The van der Waals surface area contributed by atoms with Crippen LogP contribution in [0.3, 0.4) is 0 Å². The van der Waals surface area contributed by atoms with Gasteiger partial charge in [-0.2, -0.15) is 0 Å². The number of nitrogens with one attached hydrogen (secondary N) is 1. The highest BCUT2D eigenvalue weighted by atomic mass is 16.6. The van der Waals surface area contributed by atoms with Crippen LogP contribution in [0.2, 0.25) is 0 Å². The second kappa shape index (κ2) is 6.09. The van der Waals surface area contributed by atoms with Gasteiger partial charge in [0.05, 0.1) is 18.8 Å². The van der Waals surface area contributed by atoms with Gasteiger partial charge in [0.2, 0.25) is 0 Å². The largest absolute Gasteiger partial charge is 0.444 e. The second-order valence-electron chi connectivity index (χ2n) is 6.44. The Balaban J connectivity index is 1.74. The summed E-state index contributed by atoms with van der Waals surface area (Å²) in [4.78, 5) is 13.7. The van der Waals surface area contributed by atoms with Crippen LogP contribution in [0.15, 0.2) is 0 Å². The molecule has 0 radical (unpaired) electrons. The van der Waals surface area contributed by atoms with Crippen molar-refractivity contribution in [2.45, 2.75) is 57.8 Å². The summed E-state index contributed by atoms with van der Waals surface area (Å²) in [5, 5.41) is 3.34. The van der Waals surface area contributed by atoms with Crippen LogP contribution >= 0.6 is 0 Å². The lowest BCUT2D eigenvalue weighted by Crippen LogP contribution is -2.39. The average Bonchev–Trinajstić information content (AvgIpc) is 2.77. The highest BCUT2D eigenvalue weighted by Gasteiger charge is 2.31. The summed E-state index contributed by atoms with van der Waals surface area (Å²) >= 11 is 0. The average molecular weight is 270 g/mol. The number of piperidine rings is 1. The fourth-order valence-electron chi connectivity index (χ4n) is 2.54. The van der Waals surface area contributed by atoms with Crippen LogP contribution in [0.25, 0.3) is 0 Å². The van der Waals surface area contributed by atoms with Gasteiger partial charge in [-0.05, 0) is 46.6 Å². The Kier molecular flexibility index (Phi) is 4.68. The zero-order valence-electron chi connectivity index (χ0n) is 12.3. The molecule has 0 bridgehead atoms. The molecule has 110 valence electrons. The first-order valence-electron chi connectivity index (χ1n) is 7.28. The molecule has 1 N–H and O–H groups in total. The van der Waals surface area contributed by atoms with Gasteiger partial charge in [-0.25, -0.2) is 4.79 Å². The highest BCUT2D eigenvalue weighted by Crippen LogP contribution is 2.19.